The molecule has 4 aromatic rings. The second kappa shape index (κ2) is 14.9. The number of halogens is 6. The van der Waals surface area contributed by atoms with E-state index in [2.05, 4.69) is 20.6 Å². The molecule has 0 aliphatic rings. The van der Waals surface area contributed by atoms with Crippen LogP contribution in [0.1, 0.15) is 69.7 Å². The highest BCUT2D eigenvalue weighted by molar-refractivity contribution is 5.87. The van der Waals surface area contributed by atoms with Crippen LogP contribution in [0.15, 0.2) is 72.8 Å². The number of allylic oxidation sites excluding steroid dienone is 1. The van der Waals surface area contributed by atoms with Crippen LogP contribution in [0.25, 0.3) is 6.08 Å². The summed E-state index contributed by atoms with van der Waals surface area (Å²) < 4.78 is 85.5. The summed E-state index contributed by atoms with van der Waals surface area (Å²) in [6.07, 6.45) is -1.41. The fourth-order valence-corrected chi connectivity index (χ4v) is 4.74. The first-order valence-corrected chi connectivity index (χ1v) is 14.1. The van der Waals surface area contributed by atoms with Crippen LogP contribution in [0.2, 0.25) is 0 Å². The van der Waals surface area contributed by atoms with Crippen molar-refractivity contribution in [2.24, 2.45) is 5.92 Å². The van der Waals surface area contributed by atoms with Gasteiger partial charge < -0.3 is 9.84 Å². The SMILES string of the molecule is O=C(O)c1ccc(CCC(/C=C/c2ccccc2OCc2cc(C(F)(F)F)cc(C(F)(F)F)c2)CCCCc2nnn[nH]2)cc1. The normalized spacial score (nSPS) is 12.8. The molecular formula is C32H30F6N4O3. The lowest BCUT2D eigenvalue weighted by Crippen LogP contribution is -2.12. The summed E-state index contributed by atoms with van der Waals surface area (Å²) in [4.78, 5) is 11.2. The number of hydrogen-bond donors (Lipinski definition) is 2. The summed E-state index contributed by atoms with van der Waals surface area (Å²) in [5.74, 6) is 0.0947. The first-order chi connectivity index (χ1) is 21.4. The highest BCUT2D eigenvalue weighted by Crippen LogP contribution is 2.36. The first kappa shape index (κ1) is 33.2. The van der Waals surface area contributed by atoms with Gasteiger partial charge in [0, 0.05) is 12.0 Å². The number of tetrazole rings is 1. The fraction of sp³-hybridized carbons (Fsp3) is 0.312. The lowest BCUT2D eigenvalue weighted by Gasteiger charge is -2.16. The molecule has 238 valence electrons. The summed E-state index contributed by atoms with van der Waals surface area (Å²) in [7, 11) is 0. The van der Waals surface area contributed by atoms with Crippen LogP contribution in [-0.4, -0.2) is 31.7 Å². The van der Waals surface area contributed by atoms with E-state index in [-0.39, 0.29) is 23.1 Å². The summed E-state index contributed by atoms with van der Waals surface area (Å²) >= 11 is 0. The maximum atomic E-state index is 13.3. The van der Waals surface area contributed by atoms with Gasteiger partial charge in [0.2, 0.25) is 0 Å². The minimum Gasteiger partial charge on any atom is -0.488 e. The second-order valence-electron chi connectivity index (χ2n) is 10.5. The van der Waals surface area contributed by atoms with Gasteiger partial charge in [-0.3, -0.25) is 0 Å². The zero-order valence-corrected chi connectivity index (χ0v) is 23.9. The monoisotopic (exact) mass is 632 g/mol. The number of para-hydroxylation sites is 1. The minimum absolute atomic E-state index is 0.0865. The molecule has 2 N–H and O–H groups in total. The number of aromatic amines is 1. The predicted molar refractivity (Wildman–Crippen MR) is 153 cm³/mol. The molecule has 0 saturated carbocycles. The Balaban J connectivity index is 1.47. The molecule has 3 aromatic carbocycles. The Morgan fingerprint density at radius 2 is 1.56 bits per heavy atom. The zero-order chi connectivity index (χ0) is 32.5. The number of alkyl halides is 6. The van der Waals surface area contributed by atoms with Crippen molar-refractivity contribution < 1.29 is 41.0 Å². The van der Waals surface area contributed by atoms with Crippen LogP contribution >= 0.6 is 0 Å². The molecule has 4 rings (SSSR count). The molecule has 1 unspecified atom stereocenters. The Bertz CT molecular complexity index is 1540. The maximum Gasteiger partial charge on any atom is 0.416 e. The van der Waals surface area contributed by atoms with Gasteiger partial charge in [-0.1, -0.05) is 48.9 Å². The number of nitrogens with one attached hydrogen (secondary N) is 1. The average molecular weight is 633 g/mol. The molecule has 0 radical (unpaired) electrons. The number of carboxylic acids is 1. The van der Waals surface area contributed by atoms with Crippen molar-refractivity contribution in [3.8, 4) is 5.75 Å². The van der Waals surface area contributed by atoms with Crippen molar-refractivity contribution in [2.45, 2.75) is 57.5 Å². The molecular weight excluding hydrogens is 602 g/mol. The van der Waals surface area contributed by atoms with E-state index in [1.54, 1.807) is 48.5 Å². The van der Waals surface area contributed by atoms with Crippen LogP contribution < -0.4 is 4.74 Å². The largest absolute Gasteiger partial charge is 0.488 e. The van der Waals surface area contributed by atoms with Crippen molar-refractivity contribution in [2.75, 3.05) is 0 Å². The minimum atomic E-state index is -4.95. The van der Waals surface area contributed by atoms with E-state index >= 15 is 0 Å². The summed E-state index contributed by atoms with van der Waals surface area (Å²) in [5.41, 5.74) is -1.26. The van der Waals surface area contributed by atoms with Crippen molar-refractivity contribution in [1.29, 1.82) is 0 Å². The molecule has 1 aromatic heterocycles. The molecule has 1 heterocycles. The number of nitrogens with zero attached hydrogens (tertiary/aromatic N) is 3. The fourth-order valence-electron chi connectivity index (χ4n) is 4.74. The number of carboxylic acid groups (broad SMARTS) is 1. The van der Waals surface area contributed by atoms with E-state index in [9.17, 15) is 31.1 Å². The quantitative estimate of drug-likeness (QED) is 0.107. The van der Waals surface area contributed by atoms with Gasteiger partial charge in [0.15, 0.2) is 0 Å². The molecule has 13 heteroatoms. The first-order valence-electron chi connectivity index (χ1n) is 14.1. The predicted octanol–water partition coefficient (Wildman–Crippen LogP) is 8.19. The highest BCUT2D eigenvalue weighted by Gasteiger charge is 2.37. The van der Waals surface area contributed by atoms with Crippen LogP contribution in [0.5, 0.6) is 5.75 Å². The van der Waals surface area contributed by atoms with Gasteiger partial charge in [-0.05, 0) is 89.6 Å². The zero-order valence-electron chi connectivity index (χ0n) is 23.9. The molecule has 0 bridgehead atoms. The van der Waals surface area contributed by atoms with Gasteiger partial charge in [0.05, 0.1) is 16.7 Å². The third-order valence-corrected chi connectivity index (χ3v) is 7.14. The molecule has 1 atom stereocenters. The van der Waals surface area contributed by atoms with E-state index in [0.29, 0.717) is 42.1 Å². The van der Waals surface area contributed by atoms with Gasteiger partial charge >= 0.3 is 18.3 Å². The second-order valence-corrected chi connectivity index (χ2v) is 10.5. The van der Waals surface area contributed by atoms with Gasteiger partial charge in [-0.15, -0.1) is 5.10 Å². The van der Waals surface area contributed by atoms with E-state index in [1.165, 1.54) is 0 Å². The van der Waals surface area contributed by atoms with Crippen molar-refractivity contribution in [1.82, 2.24) is 20.6 Å². The number of ether oxygens (including phenoxy) is 1. The van der Waals surface area contributed by atoms with Gasteiger partial charge in [-0.25, -0.2) is 9.89 Å². The molecule has 45 heavy (non-hydrogen) atoms. The lowest BCUT2D eigenvalue weighted by atomic mass is 9.92. The van der Waals surface area contributed by atoms with Gasteiger partial charge in [0.1, 0.15) is 18.2 Å². The number of carbonyl (C=O) groups is 1. The van der Waals surface area contributed by atoms with Gasteiger partial charge in [0.25, 0.3) is 0 Å². The van der Waals surface area contributed by atoms with E-state index in [0.717, 1.165) is 31.2 Å². The van der Waals surface area contributed by atoms with Crippen molar-refractivity contribution in [3.63, 3.8) is 0 Å². The number of unbranched alkanes of at least 4 members (excludes halogenated alkanes) is 1. The lowest BCUT2D eigenvalue weighted by molar-refractivity contribution is -0.143. The molecule has 0 spiro atoms. The van der Waals surface area contributed by atoms with Crippen LogP contribution in [0, 0.1) is 5.92 Å². The third-order valence-electron chi connectivity index (χ3n) is 7.14. The van der Waals surface area contributed by atoms with Crippen LogP contribution in [0.4, 0.5) is 26.3 Å². The number of hydrogen-bond acceptors (Lipinski definition) is 5. The third kappa shape index (κ3) is 10.2. The maximum absolute atomic E-state index is 13.3. The number of aryl methyl sites for hydroxylation is 2. The number of H-pyrrole nitrogens is 1. The molecule has 7 nitrogen and oxygen atoms in total. The Kier molecular flexibility index (Phi) is 11.0. The van der Waals surface area contributed by atoms with Crippen LogP contribution in [0.3, 0.4) is 0 Å². The average Bonchev–Trinajstić information content (AvgIpc) is 3.52. The number of benzene rings is 3. The Hall–Kier alpha value is -4.68. The van der Waals surface area contributed by atoms with E-state index < -0.39 is 36.1 Å². The van der Waals surface area contributed by atoms with Crippen molar-refractivity contribution in [3.05, 3.63) is 112 Å². The topological polar surface area (TPSA) is 101 Å². The summed E-state index contributed by atoms with van der Waals surface area (Å²) in [6, 6.07) is 14.8. The van der Waals surface area contributed by atoms with E-state index in [1.807, 2.05) is 12.2 Å². The molecule has 0 aliphatic carbocycles. The number of aromatic carboxylic acids is 1. The molecule has 0 amide bonds. The van der Waals surface area contributed by atoms with Gasteiger partial charge in [-0.2, -0.15) is 26.3 Å². The molecule has 0 fully saturated rings. The van der Waals surface area contributed by atoms with Crippen molar-refractivity contribution >= 4 is 12.0 Å². The Labute approximate surface area is 254 Å². The van der Waals surface area contributed by atoms with E-state index in [4.69, 9.17) is 9.84 Å². The highest BCUT2D eigenvalue weighted by atomic mass is 19.4. The smallest absolute Gasteiger partial charge is 0.416 e. The Morgan fingerprint density at radius 3 is 2.18 bits per heavy atom. The summed E-state index contributed by atoms with van der Waals surface area (Å²) in [6.45, 7) is -0.496. The molecule has 0 aliphatic heterocycles. The molecule has 0 saturated heterocycles. The number of rotatable bonds is 14. The standard InChI is InChI=1S/C32H30F6N4O3/c33-31(34,35)26-17-23(18-27(19-26)32(36,37)38)20-45-28-7-3-2-6-24(28)14-11-21(5-1-4-8-29-39-41-42-40-29)9-10-22-12-15-25(16-13-22)30(43)44/h2-3,6-7,11-19,21H,1,4-5,8-10,20H2,(H,43,44)(H,39,40,41,42)/b14-11+. The summed E-state index contributed by atoms with van der Waals surface area (Å²) in [5, 5.41) is 22.9. The Morgan fingerprint density at radius 1 is 0.867 bits per heavy atom. The number of aromatic nitrogens is 4. The van der Waals surface area contributed by atoms with Crippen LogP contribution in [-0.2, 0) is 31.8 Å².